The second-order valence-electron chi connectivity index (χ2n) is 6.38. The average Bonchev–Trinajstić information content (AvgIpc) is 2.97. The lowest BCUT2D eigenvalue weighted by molar-refractivity contribution is -0.121. The van der Waals surface area contributed by atoms with Crippen LogP contribution >= 0.6 is 24.0 Å². The molecule has 3 aromatic rings. The van der Waals surface area contributed by atoms with Crippen LogP contribution in [-0.2, 0) is 11.3 Å². The molecule has 2 heterocycles. The third kappa shape index (κ3) is 5.42. The number of carbonyl (C=O) groups is 1. The number of rotatable bonds is 7. The van der Waals surface area contributed by atoms with Gasteiger partial charge in [-0.25, -0.2) is 9.97 Å². The van der Waals surface area contributed by atoms with Crippen molar-refractivity contribution in [2.24, 2.45) is 0 Å². The van der Waals surface area contributed by atoms with Crippen LogP contribution in [0.15, 0.2) is 42.6 Å². The number of imidazole rings is 1. The first kappa shape index (κ1) is 21.2. The van der Waals surface area contributed by atoms with E-state index in [2.05, 4.69) is 20.2 Å². The predicted octanol–water partition coefficient (Wildman–Crippen LogP) is 3.24. The molecule has 144 valence electrons. The van der Waals surface area contributed by atoms with Crippen LogP contribution in [0.2, 0.25) is 5.02 Å². The van der Waals surface area contributed by atoms with Crippen molar-refractivity contribution in [3.63, 3.8) is 0 Å². The molecule has 6 nitrogen and oxygen atoms in total. The fourth-order valence-corrected chi connectivity index (χ4v) is 2.97. The Morgan fingerprint density at radius 2 is 2.07 bits per heavy atom. The Morgan fingerprint density at radius 1 is 1.26 bits per heavy atom. The zero-order valence-electron chi connectivity index (χ0n) is 15.4. The maximum Gasteiger partial charge on any atom is 0.240 e. The summed E-state index contributed by atoms with van der Waals surface area (Å²) >= 11 is 6.13. The van der Waals surface area contributed by atoms with Crippen molar-refractivity contribution in [3.8, 4) is 11.4 Å². The average molecular weight is 408 g/mol. The van der Waals surface area contributed by atoms with Gasteiger partial charge in [0.2, 0.25) is 5.91 Å². The summed E-state index contributed by atoms with van der Waals surface area (Å²) in [6.45, 7) is 1.74. The van der Waals surface area contributed by atoms with Crippen molar-refractivity contribution in [2.45, 2.75) is 13.0 Å². The minimum atomic E-state index is -0.0583. The van der Waals surface area contributed by atoms with Gasteiger partial charge in [-0.1, -0.05) is 23.7 Å². The highest BCUT2D eigenvalue weighted by atomic mass is 35.5. The highest BCUT2D eigenvalue weighted by molar-refractivity contribution is 6.30. The Bertz CT molecular complexity index is 910. The predicted molar refractivity (Wildman–Crippen MR) is 111 cm³/mol. The van der Waals surface area contributed by atoms with Gasteiger partial charge in [-0.15, -0.1) is 12.4 Å². The quantitative estimate of drug-likeness (QED) is 0.610. The van der Waals surface area contributed by atoms with Crippen molar-refractivity contribution in [3.05, 3.63) is 47.6 Å². The number of benzene rings is 1. The first-order chi connectivity index (χ1) is 12.5. The maximum absolute atomic E-state index is 12.4. The smallest absolute Gasteiger partial charge is 0.240 e. The summed E-state index contributed by atoms with van der Waals surface area (Å²) in [6, 6.07) is 11.2. The van der Waals surface area contributed by atoms with Crippen molar-refractivity contribution in [1.29, 1.82) is 0 Å². The van der Waals surface area contributed by atoms with E-state index < -0.39 is 0 Å². The van der Waals surface area contributed by atoms with Crippen molar-refractivity contribution >= 4 is 41.1 Å². The van der Waals surface area contributed by atoms with Gasteiger partial charge in [-0.2, -0.15) is 0 Å². The molecule has 0 bridgehead atoms. The molecule has 0 aliphatic heterocycles. The summed E-state index contributed by atoms with van der Waals surface area (Å²) in [7, 11) is 4.03. The first-order valence-corrected chi connectivity index (χ1v) is 8.91. The number of fused-ring (bicyclic) bond motifs is 1. The topological polar surface area (TPSA) is 63.1 Å². The molecule has 27 heavy (non-hydrogen) atoms. The second-order valence-corrected chi connectivity index (χ2v) is 6.82. The molecule has 1 aromatic carbocycles. The zero-order valence-corrected chi connectivity index (χ0v) is 16.9. The molecule has 0 saturated carbocycles. The number of carbonyl (C=O) groups excluding carboxylic acids is 1. The van der Waals surface area contributed by atoms with Gasteiger partial charge < -0.3 is 10.2 Å². The van der Waals surface area contributed by atoms with E-state index in [4.69, 9.17) is 11.6 Å². The van der Waals surface area contributed by atoms with Crippen molar-refractivity contribution < 1.29 is 4.79 Å². The van der Waals surface area contributed by atoms with E-state index in [1.165, 1.54) is 0 Å². The molecular formula is C19H23Cl2N5O. The molecular weight excluding hydrogens is 385 g/mol. The molecule has 3 rings (SSSR count). The zero-order chi connectivity index (χ0) is 18.5. The van der Waals surface area contributed by atoms with Gasteiger partial charge in [0.1, 0.15) is 17.9 Å². The molecule has 0 radical (unpaired) electrons. The fraction of sp³-hybridized carbons (Fsp3) is 0.316. The minimum Gasteiger partial charge on any atom is -0.355 e. The lowest BCUT2D eigenvalue weighted by Crippen LogP contribution is -2.30. The SMILES string of the molecule is CN(C)CCCNC(=O)Cn1c(-c2cccc(Cl)c2)nc2cccnc21.Cl. The van der Waals surface area contributed by atoms with E-state index in [0.29, 0.717) is 23.0 Å². The van der Waals surface area contributed by atoms with Gasteiger partial charge in [0.25, 0.3) is 0 Å². The molecule has 0 fully saturated rings. The molecule has 1 amide bonds. The van der Waals surface area contributed by atoms with Crippen molar-refractivity contribution in [1.82, 2.24) is 24.8 Å². The molecule has 1 N–H and O–H groups in total. The fourth-order valence-electron chi connectivity index (χ4n) is 2.78. The van der Waals surface area contributed by atoms with Crippen LogP contribution in [0.4, 0.5) is 0 Å². The number of hydrogen-bond acceptors (Lipinski definition) is 4. The molecule has 0 saturated heterocycles. The van der Waals surface area contributed by atoms with Crippen LogP contribution in [0.3, 0.4) is 0 Å². The van der Waals surface area contributed by atoms with Crippen LogP contribution < -0.4 is 5.32 Å². The standard InChI is InChI=1S/C19H22ClN5O.ClH/c1-24(2)11-5-10-21-17(26)13-25-18(14-6-3-7-15(20)12-14)23-16-8-4-9-22-19(16)25;/h3-4,6-9,12H,5,10-11,13H2,1-2H3,(H,21,26);1H. The summed E-state index contributed by atoms with van der Waals surface area (Å²) in [6.07, 6.45) is 2.61. The number of halogens is 2. The van der Waals surface area contributed by atoms with Gasteiger partial charge in [-0.05, 0) is 51.3 Å². The van der Waals surface area contributed by atoms with E-state index in [-0.39, 0.29) is 24.9 Å². The number of aromatic nitrogens is 3. The molecule has 0 atom stereocenters. The lowest BCUT2D eigenvalue weighted by Gasteiger charge is -2.11. The summed E-state index contributed by atoms with van der Waals surface area (Å²) < 4.78 is 1.84. The maximum atomic E-state index is 12.4. The summed E-state index contributed by atoms with van der Waals surface area (Å²) in [5, 5.41) is 3.59. The van der Waals surface area contributed by atoms with Crippen molar-refractivity contribution in [2.75, 3.05) is 27.2 Å². The molecule has 8 heteroatoms. The van der Waals surface area contributed by atoms with E-state index >= 15 is 0 Å². The highest BCUT2D eigenvalue weighted by Gasteiger charge is 2.16. The number of hydrogen-bond donors (Lipinski definition) is 1. The number of nitrogens with zero attached hydrogens (tertiary/aromatic N) is 4. The molecule has 0 spiro atoms. The summed E-state index contributed by atoms with van der Waals surface area (Å²) in [5.41, 5.74) is 2.30. The van der Waals surface area contributed by atoms with Crippen LogP contribution in [0.1, 0.15) is 6.42 Å². The number of pyridine rings is 1. The lowest BCUT2D eigenvalue weighted by atomic mass is 10.2. The Labute approximate surface area is 170 Å². The molecule has 0 unspecified atom stereocenters. The number of amides is 1. The third-order valence-electron chi connectivity index (χ3n) is 3.99. The van der Waals surface area contributed by atoms with Crippen LogP contribution in [0.25, 0.3) is 22.6 Å². The normalized spacial score (nSPS) is 10.8. The van der Waals surface area contributed by atoms with E-state index in [1.807, 2.05) is 55.1 Å². The Hall–Kier alpha value is -2.15. The van der Waals surface area contributed by atoms with Crippen LogP contribution in [0, 0.1) is 0 Å². The Balaban J connectivity index is 0.00000261. The number of nitrogens with one attached hydrogen (secondary N) is 1. The molecule has 0 aliphatic rings. The Morgan fingerprint density at radius 3 is 2.81 bits per heavy atom. The molecule has 2 aromatic heterocycles. The van der Waals surface area contributed by atoms with Gasteiger partial charge in [0.15, 0.2) is 5.65 Å². The van der Waals surface area contributed by atoms with Crippen LogP contribution in [-0.4, -0.2) is 52.5 Å². The largest absolute Gasteiger partial charge is 0.355 e. The summed E-state index contributed by atoms with van der Waals surface area (Å²) in [4.78, 5) is 23.6. The second kappa shape index (κ2) is 9.69. The van der Waals surface area contributed by atoms with Gasteiger partial charge in [-0.3, -0.25) is 9.36 Å². The van der Waals surface area contributed by atoms with E-state index in [0.717, 1.165) is 24.0 Å². The van der Waals surface area contributed by atoms with Crippen LogP contribution in [0.5, 0.6) is 0 Å². The minimum absolute atomic E-state index is 0. The first-order valence-electron chi connectivity index (χ1n) is 8.53. The van der Waals surface area contributed by atoms with E-state index in [1.54, 1.807) is 6.20 Å². The monoisotopic (exact) mass is 407 g/mol. The van der Waals surface area contributed by atoms with Gasteiger partial charge in [0.05, 0.1) is 0 Å². The Kier molecular flexibility index (Phi) is 7.59. The van der Waals surface area contributed by atoms with E-state index in [9.17, 15) is 4.79 Å². The highest BCUT2D eigenvalue weighted by Crippen LogP contribution is 2.25. The summed E-state index contributed by atoms with van der Waals surface area (Å²) in [5.74, 6) is 0.627. The molecule has 0 aliphatic carbocycles. The van der Waals surface area contributed by atoms with Gasteiger partial charge in [0, 0.05) is 23.3 Å². The third-order valence-corrected chi connectivity index (χ3v) is 4.23. The van der Waals surface area contributed by atoms with Gasteiger partial charge >= 0.3 is 0 Å².